The zero-order chi connectivity index (χ0) is 16.9. The Balaban J connectivity index is 0.00000264. The molecular weight excluding hydrogens is 319 g/mol. The lowest BCUT2D eigenvalue weighted by molar-refractivity contribution is -0.388. The number of nitro groups is 1. The number of amides is 3. The molecule has 0 aromatic heterocycles. The summed E-state index contributed by atoms with van der Waals surface area (Å²) < 4.78 is 38.7. The van der Waals surface area contributed by atoms with Crippen molar-refractivity contribution in [3.05, 3.63) is 33.9 Å². The molecule has 0 spiro atoms. The van der Waals surface area contributed by atoms with E-state index in [1.54, 1.807) is 0 Å². The summed E-state index contributed by atoms with van der Waals surface area (Å²) in [6.45, 7) is 2.78. The Bertz CT molecular complexity index is 686. The molecule has 0 unspecified atom stereocenters. The van der Waals surface area contributed by atoms with E-state index < -0.39 is 39.8 Å². The topological polar surface area (TPSA) is 92.6 Å². The van der Waals surface area contributed by atoms with E-state index in [0.717, 1.165) is 6.07 Å². The van der Waals surface area contributed by atoms with Gasteiger partial charge in [-0.15, -0.1) is 0 Å². The van der Waals surface area contributed by atoms with Gasteiger partial charge >= 0.3 is 12.2 Å². The zero-order valence-corrected chi connectivity index (χ0v) is 11.4. The maximum absolute atomic E-state index is 12.9. The van der Waals surface area contributed by atoms with E-state index in [-0.39, 0.29) is 13.1 Å². The number of carbonyl (C=O) groups is 2. The third-order valence-corrected chi connectivity index (χ3v) is 3.10. The van der Waals surface area contributed by atoms with Crippen LogP contribution in [0.25, 0.3) is 0 Å². The fraction of sp³-hybridized carbons (Fsp3) is 0.385. The molecule has 2 rings (SSSR count). The first-order valence-corrected chi connectivity index (χ1v) is 5.97. The molecule has 1 aromatic carbocycles. The molecular formula is C13H14F3N3O4. The summed E-state index contributed by atoms with van der Waals surface area (Å²) in [6.07, 6.45) is -4.99. The van der Waals surface area contributed by atoms with E-state index in [4.69, 9.17) is 0 Å². The van der Waals surface area contributed by atoms with Crippen molar-refractivity contribution in [1.82, 2.24) is 5.32 Å². The summed E-state index contributed by atoms with van der Waals surface area (Å²) in [5.41, 5.74) is -4.33. The van der Waals surface area contributed by atoms with Gasteiger partial charge in [-0.1, -0.05) is 7.43 Å². The summed E-state index contributed by atoms with van der Waals surface area (Å²) in [5.74, 6) is -0.750. The Labute approximate surface area is 129 Å². The number of benzene rings is 1. The molecule has 10 heteroatoms. The lowest BCUT2D eigenvalue weighted by Gasteiger charge is -2.17. The van der Waals surface area contributed by atoms with Crippen molar-refractivity contribution in [2.24, 2.45) is 0 Å². The van der Waals surface area contributed by atoms with E-state index in [2.05, 4.69) is 5.32 Å². The maximum atomic E-state index is 12.9. The van der Waals surface area contributed by atoms with Crippen molar-refractivity contribution >= 4 is 23.3 Å². The highest BCUT2D eigenvalue weighted by molar-refractivity contribution is 6.23. The van der Waals surface area contributed by atoms with Crippen LogP contribution in [0.3, 0.4) is 0 Å². The van der Waals surface area contributed by atoms with E-state index in [1.165, 1.54) is 13.8 Å². The predicted octanol–water partition coefficient (Wildman–Crippen LogP) is 3.08. The first kappa shape index (κ1) is 18.4. The van der Waals surface area contributed by atoms with Crippen LogP contribution in [0.4, 0.5) is 29.3 Å². The summed E-state index contributed by atoms with van der Waals surface area (Å²) in [7, 11) is 0. The maximum Gasteiger partial charge on any atom is 0.423 e. The molecule has 1 aliphatic heterocycles. The van der Waals surface area contributed by atoms with Crippen LogP contribution in [-0.2, 0) is 11.0 Å². The summed E-state index contributed by atoms with van der Waals surface area (Å²) >= 11 is 0. The molecule has 23 heavy (non-hydrogen) atoms. The molecule has 0 atom stereocenters. The lowest BCUT2D eigenvalue weighted by atomic mass is 10.1. The number of hydrogen-bond donors (Lipinski definition) is 1. The molecule has 126 valence electrons. The highest BCUT2D eigenvalue weighted by Crippen LogP contribution is 2.39. The van der Waals surface area contributed by atoms with E-state index >= 15 is 0 Å². The second-order valence-corrected chi connectivity index (χ2v) is 5.15. The molecule has 0 saturated carbocycles. The summed E-state index contributed by atoms with van der Waals surface area (Å²) in [4.78, 5) is 33.8. The van der Waals surface area contributed by atoms with Gasteiger partial charge in [0.25, 0.3) is 11.6 Å². The number of nitro benzene ring substituents is 1. The summed E-state index contributed by atoms with van der Waals surface area (Å²) in [5, 5.41) is 13.0. The highest BCUT2D eigenvalue weighted by Gasteiger charge is 2.46. The van der Waals surface area contributed by atoms with Gasteiger partial charge in [-0.3, -0.25) is 14.9 Å². The highest BCUT2D eigenvalue weighted by atomic mass is 19.4. The van der Waals surface area contributed by atoms with Crippen molar-refractivity contribution in [2.45, 2.75) is 33.0 Å². The average molecular weight is 333 g/mol. The fourth-order valence-corrected chi connectivity index (χ4v) is 2.03. The van der Waals surface area contributed by atoms with Crippen LogP contribution < -0.4 is 10.2 Å². The second-order valence-electron chi connectivity index (χ2n) is 5.15. The number of hydrogen-bond acceptors (Lipinski definition) is 4. The third-order valence-electron chi connectivity index (χ3n) is 3.10. The van der Waals surface area contributed by atoms with Crippen molar-refractivity contribution in [1.29, 1.82) is 0 Å². The first-order valence-electron chi connectivity index (χ1n) is 5.97. The fourth-order valence-electron chi connectivity index (χ4n) is 2.03. The van der Waals surface area contributed by atoms with E-state index in [0.29, 0.717) is 17.0 Å². The summed E-state index contributed by atoms with van der Waals surface area (Å²) in [6, 6.07) is 1.06. The van der Waals surface area contributed by atoms with Crippen LogP contribution in [0.1, 0.15) is 26.8 Å². The molecule has 3 amide bonds. The first-order chi connectivity index (χ1) is 9.95. The number of anilines is 1. The Hall–Kier alpha value is -2.65. The number of alkyl halides is 3. The normalized spacial score (nSPS) is 16.8. The number of carbonyl (C=O) groups excluding carboxylic acids is 2. The standard InChI is InChI=1S/C12H10F3N3O4.CH4/c1-11(2)9(19)17(10(20)16-11)6-3-4-8(18(21)22)7(5-6)12(13,14)15;/h3-5H,1-2H3,(H,16,20);1H4. The molecule has 0 radical (unpaired) electrons. The molecule has 0 aliphatic carbocycles. The minimum absolute atomic E-state index is 0. The number of nitrogens with zero attached hydrogens (tertiary/aromatic N) is 2. The molecule has 1 aromatic rings. The van der Waals surface area contributed by atoms with Crippen LogP contribution >= 0.6 is 0 Å². The Morgan fingerprint density at radius 3 is 2.22 bits per heavy atom. The van der Waals surface area contributed by atoms with Crippen LogP contribution in [0, 0.1) is 10.1 Å². The van der Waals surface area contributed by atoms with Gasteiger partial charge in [-0.05, 0) is 26.0 Å². The minimum Gasteiger partial charge on any atom is -0.323 e. The molecule has 1 heterocycles. The number of nitrogens with one attached hydrogen (secondary N) is 1. The largest absolute Gasteiger partial charge is 0.423 e. The van der Waals surface area contributed by atoms with E-state index in [9.17, 15) is 32.9 Å². The third kappa shape index (κ3) is 3.10. The predicted molar refractivity (Wildman–Crippen MR) is 74.9 cm³/mol. The van der Waals surface area contributed by atoms with Gasteiger partial charge in [0.05, 0.1) is 10.6 Å². The van der Waals surface area contributed by atoms with Crippen LogP contribution in [-0.4, -0.2) is 22.4 Å². The molecule has 1 N–H and O–H groups in total. The minimum atomic E-state index is -4.99. The Kier molecular flexibility index (Phi) is 4.42. The van der Waals surface area contributed by atoms with Gasteiger partial charge in [0.2, 0.25) is 0 Å². The molecule has 0 bridgehead atoms. The Morgan fingerprint density at radius 1 is 1.26 bits per heavy atom. The molecule has 1 fully saturated rings. The van der Waals surface area contributed by atoms with Gasteiger partial charge in [0.15, 0.2) is 0 Å². The second kappa shape index (κ2) is 5.52. The van der Waals surface area contributed by atoms with Crippen LogP contribution in [0.5, 0.6) is 0 Å². The Morgan fingerprint density at radius 2 is 1.83 bits per heavy atom. The smallest absolute Gasteiger partial charge is 0.323 e. The quantitative estimate of drug-likeness (QED) is 0.511. The zero-order valence-electron chi connectivity index (χ0n) is 11.4. The van der Waals surface area contributed by atoms with Gasteiger partial charge in [-0.2, -0.15) is 13.2 Å². The molecule has 1 aliphatic rings. The number of rotatable bonds is 2. The number of urea groups is 1. The van der Waals surface area contributed by atoms with Gasteiger partial charge < -0.3 is 5.32 Å². The average Bonchev–Trinajstić information content (AvgIpc) is 2.56. The molecule has 1 saturated heterocycles. The number of imide groups is 1. The molecule has 7 nitrogen and oxygen atoms in total. The van der Waals surface area contributed by atoms with Crippen molar-refractivity contribution < 1.29 is 27.7 Å². The van der Waals surface area contributed by atoms with Crippen molar-refractivity contribution in [3.63, 3.8) is 0 Å². The van der Waals surface area contributed by atoms with Crippen LogP contribution in [0.15, 0.2) is 18.2 Å². The van der Waals surface area contributed by atoms with Gasteiger partial charge in [0, 0.05) is 6.07 Å². The van der Waals surface area contributed by atoms with Crippen molar-refractivity contribution in [3.8, 4) is 0 Å². The SMILES string of the molecule is C.CC1(C)NC(=O)N(c2ccc([N+](=O)[O-])c(C(F)(F)F)c2)C1=O. The van der Waals surface area contributed by atoms with E-state index in [1.807, 2.05) is 0 Å². The lowest BCUT2D eigenvalue weighted by Crippen LogP contribution is -2.40. The van der Waals surface area contributed by atoms with Gasteiger partial charge in [0.1, 0.15) is 11.1 Å². The van der Waals surface area contributed by atoms with Crippen LogP contribution in [0.2, 0.25) is 0 Å². The van der Waals surface area contributed by atoms with Gasteiger partial charge in [-0.25, -0.2) is 9.69 Å². The number of halogens is 3. The van der Waals surface area contributed by atoms with Crippen molar-refractivity contribution in [2.75, 3.05) is 4.90 Å². The monoisotopic (exact) mass is 333 g/mol.